The van der Waals surface area contributed by atoms with Crippen LogP contribution in [0.15, 0.2) is 48.5 Å². The Kier molecular flexibility index (Phi) is 6.93. The maximum Gasteiger partial charge on any atom is 0.243 e. The van der Waals surface area contributed by atoms with Crippen molar-refractivity contribution in [3.8, 4) is 11.5 Å². The van der Waals surface area contributed by atoms with Gasteiger partial charge in [0.15, 0.2) is 0 Å². The number of amides is 1. The molecular weight excluding hydrogens is 344 g/mol. The molecule has 0 radical (unpaired) electrons. The molecular formula is C21H26N2O4. The number of hydrogen-bond acceptors (Lipinski definition) is 5. The number of benzene rings is 2. The summed E-state index contributed by atoms with van der Waals surface area (Å²) in [6.45, 7) is 4.03. The lowest BCUT2D eigenvalue weighted by Crippen LogP contribution is -2.22. The van der Waals surface area contributed by atoms with Crippen LogP contribution in [0.4, 0.5) is 11.4 Å². The minimum absolute atomic E-state index is 0.134. The minimum Gasteiger partial charge on any atom is -0.494 e. The predicted molar refractivity (Wildman–Crippen MR) is 106 cm³/mol. The van der Waals surface area contributed by atoms with Crippen LogP contribution >= 0.6 is 0 Å². The zero-order valence-corrected chi connectivity index (χ0v) is 15.6. The van der Waals surface area contributed by atoms with Gasteiger partial charge in [-0.3, -0.25) is 4.79 Å². The monoisotopic (exact) mass is 370 g/mol. The van der Waals surface area contributed by atoms with Gasteiger partial charge < -0.3 is 24.8 Å². The molecule has 27 heavy (non-hydrogen) atoms. The zero-order chi connectivity index (χ0) is 18.9. The fraction of sp³-hybridized carbons (Fsp3) is 0.381. The Hall–Kier alpha value is -2.73. The fourth-order valence-electron chi connectivity index (χ4n) is 2.87. The summed E-state index contributed by atoms with van der Waals surface area (Å²) in [4.78, 5) is 12.3. The molecule has 1 heterocycles. The van der Waals surface area contributed by atoms with Crippen LogP contribution in [-0.2, 0) is 9.53 Å². The molecule has 1 unspecified atom stereocenters. The molecule has 1 aliphatic heterocycles. The van der Waals surface area contributed by atoms with E-state index in [1.165, 1.54) is 0 Å². The average Bonchev–Trinajstić information content (AvgIpc) is 3.21. The summed E-state index contributed by atoms with van der Waals surface area (Å²) in [5.41, 5.74) is 1.52. The molecule has 1 atom stereocenters. The summed E-state index contributed by atoms with van der Waals surface area (Å²) in [5.74, 6) is 1.32. The molecule has 1 amide bonds. The minimum atomic E-state index is -0.142. The van der Waals surface area contributed by atoms with Crippen LogP contribution in [0.5, 0.6) is 11.5 Å². The van der Waals surface area contributed by atoms with Gasteiger partial charge in [-0.1, -0.05) is 12.1 Å². The first kappa shape index (κ1) is 19.0. The molecule has 144 valence electrons. The molecule has 6 nitrogen and oxygen atoms in total. The number of rotatable bonds is 9. The van der Waals surface area contributed by atoms with E-state index >= 15 is 0 Å². The van der Waals surface area contributed by atoms with Crippen molar-refractivity contribution in [2.75, 3.05) is 37.0 Å². The molecule has 0 spiro atoms. The van der Waals surface area contributed by atoms with Crippen LogP contribution in [0, 0.1) is 0 Å². The van der Waals surface area contributed by atoms with Crippen LogP contribution < -0.4 is 20.1 Å². The van der Waals surface area contributed by atoms with Gasteiger partial charge >= 0.3 is 0 Å². The van der Waals surface area contributed by atoms with Crippen LogP contribution in [0.2, 0.25) is 0 Å². The Morgan fingerprint density at radius 2 is 1.96 bits per heavy atom. The molecule has 1 fully saturated rings. The summed E-state index contributed by atoms with van der Waals surface area (Å²) >= 11 is 0. The van der Waals surface area contributed by atoms with Gasteiger partial charge in [-0.15, -0.1) is 0 Å². The molecule has 0 saturated carbocycles. The lowest BCUT2D eigenvalue weighted by Gasteiger charge is -2.15. The second-order valence-corrected chi connectivity index (χ2v) is 6.30. The highest BCUT2D eigenvalue weighted by atomic mass is 16.5. The Bertz CT molecular complexity index is 727. The fourth-order valence-corrected chi connectivity index (χ4v) is 2.87. The van der Waals surface area contributed by atoms with E-state index in [1.807, 2.05) is 55.5 Å². The van der Waals surface area contributed by atoms with Crippen molar-refractivity contribution >= 4 is 17.3 Å². The highest BCUT2D eigenvalue weighted by molar-refractivity contribution is 5.95. The third kappa shape index (κ3) is 5.89. The Morgan fingerprint density at radius 1 is 1.15 bits per heavy atom. The second kappa shape index (κ2) is 9.83. The van der Waals surface area contributed by atoms with Gasteiger partial charge in [-0.25, -0.2) is 0 Å². The van der Waals surface area contributed by atoms with Crippen molar-refractivity contribution in [2.24, 2.45) is 0 Å². The first-order chi connectivity index (χ1) is 13.2. The quantitative estimate of drug-likeness (QED) is 0.704. The standard InChI is InChI=1S/C21H26N2O4/c1-2-25-17-11-9-16(10-12-17)22-14-21(24)23-19-7-3-4-8-20(19)27-15-18-6-5-13-26-18/h3-4,7-12,18,22H,2,5-6,13-15H2,1H3,(H,23,24). The number of para-hydroxylation sites is 2. The maximum absolute atomic E-state index is 12.3. The van der Waals surface area contributed by atoms with Crippen molar-refractivity contribution in [3.63, 3.8) is 0 Å². The highest BCUT2D eigenvalue weighted by Gasteiger charge is 2.17. The van der Waals surface area contributed by atoms with Crippen molar-refractivity contribution in [3.05, 3.63) is 48.5 Å². The van der Waals surface area contributed by atoms with E-state index in [4.69, 9.17) is 14.2 Å². The number of nitrogens with one attached hydrogen (secondary N) is 2. The largest absolute Gasteiger partial charge is 0.494 e. The SMILES string of the molecule is CCOc1ccc(NCC(=O)Nc2ccccc2OCC2CCCO2)cc1. The Balaban J connectivity index is 1.49. The molecule has 1 saturated heterocycles. The van der Waals surface area contributed by atoms with Crippen molar-refractivity contribution in [1.82, 2.24) is 0 Å². The first-order valence-corrected chi connectivity index (χ1v) is 9.34. The van der Waals surface area contributed by atoms with E-state index in [1.54, 1.807) is 0 Å². The van der Waals surface area contributed by atoms with Crippen LogP contribution in [0.1, 0.15) is 19.8 Å². The molecule has 2 aromatic rings. The first-order valence-electron chi connectivity index (χ1n) is 9.34. The Morgan fingerprint density at radius 3 is 2.70 bits per heavy atom. The summed E-state index contributed by atoms with van der Waals surface area (Å²) in [7, 11) is 0. The van der Waals surface area contributed by atoms with E-state index in [-0.39, 0.29) is 18.6 Å². The third-order valence-corrected chi connectivity index (χ3v) is 4.23. The van der Waals surface area contributed by atoms with Crippen molar-refractivity contribution in [2.45, 2.75) is 25.9 Å². The Labute approximate surface area is 159 Å². The number of carbonyl (C=O) groups is 1. The summed E-state index contributed by atoms with van der Waals surface area (Å²) in [5, 5.41) is 6.00. The van der Waals surface area contributed by atoms with Crippen LogP contribution in [-0.4, -0.2) is 38.4 Å². The molecule has 2 aromatic carbocycles. The van der Waals surface area contributed by atoms with Crippen LogP contribution in [0.25, 0.3) is 0 Å². The van der Waals surface area contributed by atoms with Gasteiger partial charge in [0, 0.05) is 12.3 Å². The highest BCUT2D eigenvalue weighted by Crippen LogP contribution is 2.25. The average molecular weight is 370 g/mol. The molecule has 6 heteroatoms. The number of carbonyl (C=O) groups excluding carboxylic acids is 1. The zero-order valence-electron chi connectivity index (χ0n) is 15.6. The van der Waals surface area contributed by atoms with E-state index in [0.29, 0.717) is 24.7 Å². The third-order valence-electron chi connectivity index (χ3n) is 4.23. The van der Waals surface area contributed by atoms with Gasteiger partial charge in [0.1, 0.15) is 18.1 Å². The second-order valence-electron chi connectivity index (χ2n) is 6.30. The van der Waals surface area contributed by atoms with E-state index in [9.17, 15) is 4.79 Å². The van der Waals surface area contributed by atoms with Crippen LogP contribution in [0.3, 0.4) is 0 Å². The van der Waals surface area contributed by atoms with Gasteiger partial charge in [0.25, 0.3) is 0 Å². The normalized spacial score (nSPS) is 16.0. The van der Waals surface area contributed by atoms with E-state index in [0.717, 1.165) is 30.9 Å². The lowest BCUT2D eigenvalue weighted by molar-refractivity contribution is -0.114. The molecule has 1 aliphatic rings. The summed E-state index contributed by atoms with van der Waals surface area (Å²) in [6.07, 6.45) is 2.22. The summed E-state index contributed by atoms with van der Waals surface area (Å²) in [6, 6.07) is 15.0. The molecule has 0 bridgehead atoms. The predicted octanol–water partition coefficient (Wildman–Crippen LogP) is 3.69. The molecule has 2 N–H and O–H groups in total. The van der Waals surface area contributed by atoms with Crippen molar-refractivity contribution < 1.29 is 19.0 Å². The van der Waals surface area contributed by atoms with Gasteiger partial charge in [0.05, 0.1) is 24.9 Å². The molecule has 0 aliphatic carbocycles. The van der Waals surface area contributed by atoms with E-state index < -0.39 is 0 Å². The molecule has 3 rings (SSSR count). The number of hydrogen-bond donors (Lipinski definition) is 2. The van der Waals surface area contributed by atoms with Gasteiger partial charge in [-0.05, 0) is 56.2 Å². The summed E-state index contributed by atoms with van der Waals surface area (Å²) < 4.78 is 16.8. The van der Waals surface area contributed by atoms with Gasteiger partial charge in [-0.2, -0.15) is 0 Å². The lowest BCUT2D eigenvalue weighted by atomic mass is 10.2. The smallest absolute Gasteiger partial charge is 0.243 e. The molecule has 0 aromatic heterocycles. The van der Waals surface area contributed by atoms with Crippen molar-refractivity contribution in [1.29, 1.82) is 0 Å². The number of anilines is 2. The van der Waals surface area contributed by atoms with Gasteiger partial charge in [0.2, 0.25) is 5.91 Å². The number of ether oxygens (including phenoxy) is 3. The maximum atomic E-state index is 12.3. The van der Waals surface area contributed by atoms with E-state index in [2.05, 4.69) is 10.6 Å². The topological polar surface area (TPSA) is 68.8 Å².